The minimum atomic E-state index is 0.220. The van der Waals surface area contributed by atoms with Crippen molar-refractivity contribution in [2.75, 3.05) is 39.4 Å². The van der Waals surface area contributed by atoms with E-state index in [-0.39, 0.29) is 13.2 Å². The molecule has 0 aliphatic heterocycles. The molecule has 0 aliphatic carbocycles. The highest BCUT2D eigenvalue weighted by molar-refractivity contribution is 4.50. The van der Waals surface area contributed by atoms with Crippen LogP contribution in [0.25, 0.3) is 0 Å². The van der Waals surface area contributed by atoms with Gasteiger partial charge in [0.2, 0.25) is 0 Å². The molecule has 0 heterocycles. The number of unbranched alkanes of at least 4 members (excludes halogenated alkanes) is 2. The zero-order chi connectivity index (χ0) is 9.78. The smallest absolute Gasteiger partial charge is 0.0555 e. The molecule has 0 radical (unpaired) electrons. The number of rotatable bonds is 10. The lowest BCUT2D eigenvalue weighted by Crippen LogP contribution is -2.21. The first-order valence-corrected chi connectivity index (χ1v) is 5.05. The van der Waals surface area contributed by atoms with Crippen LogP contribution in [0.3, 0.4) is 0 Å². The summed E-state index contributed by atoms with van der Waals surface area (Å²) >= 11 is 0. The SMILES string of the molecule is OCCNCCCCCNCCO. The van der Waals surface area contributed by atoms with Crippen LogP contribution in [-0.4, -0.2) is 49.6 Å². The van der Waals surface area contributed by atoms with Gasteiger partial charge in [0.15, 0.2) is 0 Å². The van der Waals surface area contributed by atoms with Crippen LogP contribution in [0.15, 0.2) is 0 Å². The Morgan fingerprint density at radius 2 is 1.08 bits per heavy atom. The molecule has 0 fully saturated rings. The van der Waals surface area contributed by atoms with Crippen LogP contribution in [0, 0.1) is 0 Å². The van der Waals surface area contributed by atoms with E-state index in [4.69, 9.17) is 10.2 Å². The van der Waals surface area contributed by atoms with Crippen molar-refractivity contribution in [1.82, 2.24) is 10.6 Å². The Balaban J connectivity index is 2.76. The number of nitrogens with one attached hydrogen (secondary N) is 2. The van der Waals surface area contributed by atoms with Crippen molar-refractivity contribution in [1.29, 1.82) is 0 Å². The predicted octanol–water partition coefficient (Wildman–Crippen LogP) is -0.679. The van der Waals surface area contributed by atoms with E-state index in [9.17, 15) is 0 Å². The van der Waals surface area contributed by atoms with E-state index in [2.05, 4.69) is 10.6 Å². The minimum absolute atomic E-state index is 0.220. The van der Waals surface area contributed by atoms with Crippen LogP contribution >= 0.6 is 0 Å². The van der Waals surface area contributed by atoms with Gasteiger partial charge in [0, 0.05) is 13.1 Å². The number of hydrogen-bond donors (Lipinski definition) is 4. The average Bonchev–Trinajstić information content (AvgIpc) is 2.16. The molecule has 0 bridgehead atoms. The Morgan fingerprint density at radius 1 is 0.615 bits per heavy atom. The third-order valence-electron chi connectivity index (χ3n) is 1.78. The first-order chi connectivity index (χ1) is 6.41. The van der Waals surface area contributed by atoms with Crippen molar-refractivity contribution in [2.24, 2.45) is 0 Å². The Kier molecular flexibility index (Phi) is 11.7. The van der Waals surface area contributed by atoms with Crippen molar-refractivity contribution in [2.45, 2.75) is 19.3 Å². The summed E-state index contributed by atoms with van der Waals surface area (Å²) in [6.45, 7) is 3.81. The Hall–Kier alpha value is -0.160. The molecule has 0 aromatic heterocycles. The summed E-state index contributed by atoms with van der Waals surface area (Å²) in [5.74, 6) is 0. The molecular weight excluding hydrogens is 168 g/mol. The van der Waals surface area contributed by atoms with Crippen LogP contribution in [0.1, 0.15) is 19.3 Å². The van der Waals surface area contributed by atoms with E-state index in [1.807, 2.05) is 0 Å². The second-order valence-corrected chi connectivity index (χ2v) is 3.01. The second kappa shape index (κ2) is 11.8. The lowest BCUT2D eigenvalue weighted by molar-refractivity contribution is 0.290. The molecule has 0 spiro atoms. The number of aliphatic hydroxyl groups excluding tert-OH is 2. The molecule has 0 saturated heterocycles. The molecule has 0 atom stereocenters. The molecular formula is C9H22N2O2. The molecule has 4 nitrogen and oxygen atoms in total. The maximum atomic E-state index is 8.47. The normalized spacial score (nSPS) is 10.6. The topological polar surface area (TPSA) is 64.5 Å². The summed E-state index contributed by atoms with van der Waals surface area (Å²) in [5.41, 5.74) is 0. The van der Waals surface area contributed by atoms with Crippen LogP contribution in [-0.2, 0) is 0 Å². The van der Waals surface area contributed by atoms with Gasteiger partial charge in [-0.2, -0.15) is 0 Å². The molecule has 4 N–H and O–H groups in total. The molecule has 0 rings (SSSR count). The maximum Gasteiger partial charge on any atom is 0.0555 e. The highest BCUT2D eigenvalue weighted by Crippen LogP contribution is 1.91. The monoisotopic (exact) mass is 190 g/mol. The first-order valence-electron chi connectivity index (χ1n) is 5.05. The fourth-order valence-corrected chi connectivity index (χ4v) is 1.08. The van der Waals surface area contributed by atoms with Gasteiger partial charge in [0.05, 0.1) is 13.2 Å². The standard InChI is InChI=1S/C9H22N2O2/c12-8-6-10-4-2-1-3-5-11-7-9-13/h10-13H,1-9H2. The Morgan fingerprint density at radius 3 is 1.46 bits per heavy atom. The second-order valence-electron chi connectivity index (χ2n) is 3.01. The van der Waals surface area contributed by atoms with E-state index in [1.54, 1.807) is 0 Å². The Labute approximate surface area is 80.3 Å². The van der Waals surface area contributed by atoms with E-state index in [0.29, 0.717) is 13.1 Å². The minimum Gasteiger partial charge on any atom is -0.395 e. The molecule has 0 amide bonds. The van der Waals surface area contributed by atoms with Crippen LogP contribution in [0.5, 0.6) is 0 Å². The van der Waals surface area contributed by atoms with Gasteiger partial charge in [0.25, 0.3) is 0 Å². The van der Waals surface area contributed by atoms with E-state index >= 15 is 0 Å². The number of hydrogen-bond acceptors (Lipinski definition) is 4. The van der Waals surface area contributed by atoms with Crippen LogP contribution < -0.4 is 10.6 Å². The highest BCUT2D eigenvalue weighted by Gasteiger charge is 1.89. The summed E-state index contributed by atoms with van der Waals surface area (Å²) < 4.78 is 0. The lowest BCUT2D eigenvalue weighted by Gasteiger charge is -2.03. The summed E-state index contributed by atoms with van der Waals surface area (Å²) in [6, 6.07) is 0. The van der Waals surface area contributed by atoms with E-state index < -0.39 is 0 Å². The molecule has 0 aromatic carbocycles. The first kappa shape index (κ1) is 12.8. The summed E-state index contributed by atoms with van der Waals surface area (Å²) in [4.78, 5) is 0. The Bertz CT molecular complexity index is 81.7. The van der Waals surface area contributed by atoms with E-state index in [0.717, 1.165) is 25.9 Å². The van der Waals surface area contributed by atoms with Crippen molar-refractivity contribution >= 4 is 0 Å². The van der Waals surface area contributed by atoms with Gasteiger partial charge in [0.1, 0.15) is 0 Å². The molecule has 4 heteroatoms. The summed E-state index contributed by atoms with van der Waals surface area (Å²) in [5, 5.41) is 23.2. The molecule has 13 heavy (non-hydrogen) atoms. The van der Waals surface area contributed by atoms with Gasteiger partial charge >= 0.3 is 0 Å². The van der Waals surface area contributed by atoms with Gasteiger partial charge < -0.3 is 20.8 Å². The molecule has 0 aromatic rings. The number of aliphatic hydroxyl groups is 2. The van der Waals surface area contributed by atoms with Crippen LogP contribution in [0.4, 0.5) is 0 Å². The van der Waals surface area contributed by atoms with Crippen LogP contribution in [0.2, 0.25) is 0 Å². The lowest BCUT2D eigenvalue weighted by atomic mass is 10.2. The van der Waals surface area contributed by atoms with Gasteiger partial charge in [-0.25, -0.2) is 0 Å². The maximum absolute atomic E-state index is 8.47. The van der Waals surface area contributed by atoms with Crippen molar-refractivity contribution in [3.8, 4) is 0 Å². The fraction of sp³-hybridized carbons (Fsp3) is 1.00. The van der Waals surface area contributed by atoms with Crippen molar-refractivity contribution < 1.29 is 10.2 Å². The van der Waals surface area contributed by atoms with Gasteiger partial charge in [-0.1, -0.05) is 6.42 Å². The third kappa shape index (κ3) is 11.8. The van der Waals surface area contributed by atoms with Gasteiger partial charge in [-0.3, -0.25) is 0 Å². The molecule has 0 unspecified atom stereocenters. The van der Waals surface area contributed by atoms with Gasteiger partial charge in [-0.05, 0) is 25.9 Å². The molecule has 0 saturated carbocycles. The molecule has 0 aliphatic rings. The summed E-state index contributed by atoms with van der Waals surface area (Å²) in [6.07, 6.45) is 3.50. The summed E-state index contributed by atoms with van der Waals surface area (Å²) in [7, 11) is 0. The highest BCUT2D eigenvalue weighted by atomic mass is 16.3. The van der Waals surface area contributed by atoms with Crippen molar-refractivity contribution in [3.05, 3.63) is 0 Å². The van der Waals surface area contributed by atoms with Crippen molar-refractivity contribution in [3.63, 3.8) is 0 Å². The van der Waals surface area contributed by atoms with E-state index in [1.165, 1.54) is 6.42 Å². The van der Waals surface area contributed by atoms with Gasteiger partial charge in [-0.15, -0.1) is 0 Å². The zero-order valence-electron chi connectivity index (χ0n) is 8.26. The zero-order valence-corrected chi connectivity index (χ0v) is 8.26. The fourth-order valence-electron chi connectivity index (χ4n) is 1.08. The molecule has 80 valence electrons. The third-order valence-corrected chi connectivity index (χ3v) is 1.78. The average molecular weight is 190 g/mol. The quantitative estimate of drug-likeness (QED) is 0.345. The largest absolute Gasteiger partial charge is 0.395 e. The predicted molar refractivity (Wildman–Crippen MR) is 53.8 cm³/mol.